The summed E-state index contributed by atoms with van der Waals surface area (Å²) in [5.41, 5.74) is 8.41. The molecule has 0 aliphatic carbocycles. The van der Waals surface area contributed by atoms with Gasteiger partial charge in [0.05, 0.1) is 23.8 Å². The largest absolute Gasteiger partial charge is 0.466 e. The Morgan fingerprint density at radius 2 is 2.24 bits per heavy atom. The van der Waals surface area contributed by atoms with Crippen LogP contribution >= 0.6 is 12.2 Å². The van der Waals surface area contributed by atoms with Crippen LogP contribution in [0.3, 0.4) is 0 Å². The zero-order valence-corrected chi connectivity index (χ0v) is 17.4. The Morgan fingerprint density at radius 3 is 3.00 bits per heavy atom. The fraction of sp³-hybridized carbons (Fsp3) is 0.429. The summed E-state index contributed by atoms with van der Waals surface area (Å²) in [4.78, 5) is 20.4. The molecule has 0 spiro atoms. The Balaban J connectivity index is 1.82. The maximum atomic E-state index is 11.8. The zero-order valence-electron chi connectivity index (χ0n) is 16.6. The lowest BCUT2D eigenvalue weighted by atomic mass is 9.98. The van der Waals surface area contributed by atoms with Crippen molar-refractivity contribution < 1.29 is 9.53 Å². The highest BCUT2D eigenvalue weighted by Crippen LogP contribution is 2.22. The Kier molecular flexibility index (Phi) is 9.21. The van der Waals surface area contributed by atoms with E-state index in [0.29, 0.717) is 39.0 Å². The van der Waals surface area contributed by atoms with E-state index in [1.54, 1.807) is 0 Å². The summed E-state index contributed by atoms with van der Waals surface area (Å²) in [6.45, 7) is 3.57. The fourth-order valence-corrected chi connectivity index (χ4v) is 2.98. The standard InChI is InChI=1S/C21H27N5O2S/c1-15(12-24-14-29)17-6-7-19-18(11-17)10-16(13-26-19)4-2-5-20(27)28-9-3-8-25-21(22)23/h6-7,10-11,13,15H,2-5,8-9,12H2,1H3,(H4,22,23,25). The Bertz CT molecular complexity index is 896. The number of carbonyl (C=O) groups excluding carboxylic acids is 1. The van der Waals surface area contributed by atoms with Gasteiger partial charge in [0.2, 0.25) is 0 Å². The number of aliphatic imine (C=N–C) groups is 1. The third-order valence-corrected chi connectivity index (χ3v) is 4.64. The number of esters is 1. The highest BCUT2D eigenvalue weighted by atomic mass is 32.1. The lowest BCUT2D eigenvalue weighted by Gasteiger charge is -2.10. The number of thiocarbonyl (C=S) groups is 1. The van der Waals surface area contributed by atoms with E-state index in [0.717, 1.165) is 22.9 Å². The second kappa shape index (κ2) is 11.9. The molecule has 0 bridgehead atoms. The summed E-state index contributed by atoms with van der Waals surface area (Å²) in [6, 6.07) is 8.35. The SMILES string of the molecule is CC(CN=C=S)c1ccc2ncc(CCCC(=O)OCCCNC(=N)N)cc2c1. The molecule has 0 radical (unpaired) electrons. The van der Waals surface area contributed by atoms with E-state index in [9.17, 15) is 4.79 Å². The maximum Gasteiger partial charge on any atom is 0.305 e. The second-order valence-electron chi connectivity index (χ2n) is 6.90. The van der Waals surface area contributed by atoms with Crippen molar-refractivity contribution >= 4 is 40.2 Å². The van der Waals surface area contributed by atoms with Gasteiger partial charge in [-0.2, -0.15) is 0 Å². The van der Waals surface area contributed by atoms with Crippen molar-refractivity contribution in [2.75, 3.05) is 19.7 Å². The first-order chi connectivity index (χ1) is 14.0. The number of hydrogen-bond acceptors (Lipinski definition) is 6. The molecular weight excluding hydrogens is 386 g/mol. The van der Waals surface area contributed by atoms with Crippen LogP contribution in [-0.4, -0.2) is 41.8 Å². The van der Waals surface area contributed by atoms with Crippen LogP contribution in [0.5, 0.6) is 0 Å². The first-order valence-corrected chi connectivity index (χ1v) is 10.1. The lowest BCUT2D eigenvalue weighted by Crippen LogP contribution is -2.31. The van der Waals surface area contributed by atoms with Crippen molar-refractivity contribution in [3.63, 3.8) is 0 Å². The molecular formula is C21H27N5O2S. The highest BCUT2D eigenvalue weighted by Gasteiger charge is 2.08. The third kappa shape index (κ3) is 7.97. The summed E-state index contributed by atoms with van der Waals surface area (Å²) >= 11 is 4.64. The number of pyridine rings is 1. The summed E-state index contributed by atoms with van der Waals surface area (Å²) in [5, 5.41) is 13.2. The smallest absolute Gasteiger partial charge is 0.305 e. The van der Waals surface area contributed by atoms with Crippen molar-refractivity contribution in [3.05, 3.63) is 41.6 Å². The fourth-order valence-electron chi connectivity index (χ4n) is 2.91. The van der Waals surface area contributed by atoms with E-state index < -0.39 is 0 Å². The first-order valence-electron chi connectivity index (χ1n) is 9.65. The Morgan fingerprint density at radius 1 is 1.41 bits per heavy atom. The number of carbonyl (C=O) groups is 1. The van der Waals surface area contributed by atoms with Gasteiger partial charge in [0, 0.05) is 30.5 Å². The van der Waals surface area contributed by atoms with E-state index in [4.69, 9.17) is 15.9 Å². The van der Waals surface area contributed by atoms with Crippen molar-refractivity contribution in [3.8, 4) is 0 Å². The van der Waals surface area contributed by atoms with Gasteiger partial charge in [-0.25, -0.2) is 4.99 Å². The molecule has 2 aromatic rings. The van der Waals surface area contributed by atoms with Gasteiger partial charge < -0.3 is 15.8 Å². The van der Waals surface area contributed by atoms with Gasteiger partial charge in [-0.05, 0) is 60.8 Å². The molecule has 4 N–H and O–H groups in total. The van der Waals surface area contributed by atoms with Crippen molar-refractivity contribution in [2.24, 2.45) is 10.7 Å². The molecule has 1 unspecified atom stereocenters. The van der Waals surface area contributed by atoms with Crippen LogP contribution in [0.4, 0.5) is 0 Å². The number of nitrogens with zero attached hydrogens (tertiary/aromatic N) is 2. The van der Waals surface area contributed by atoms with E-state index in [-0.39, 0.29) is 17.8 Å². The van der Waals surface area contributed by atoms with Crippen LogP contribution in [0.25, 0.3) is 10.9 Å². The summed E-state index contributed by atoms with van der Waals surface area (Å²) in [5.74, 6) is -0.0268. The van der Waals surface area contributed by atoms with Gasteiger partial charge in [0.25, 0.3) is 0 Å². The molecule has 0 aliphatic heterocycles. The zero-order chi connectivity index (χ0) is 21.1. The van der Waals surface area contributed by atoms with Crippen LogP contribution < -0.4 is 11.1 Å². The van der Waals surface area contributed by atoms with Crippen LogP contribution in [-0.2, 0) is 16.0 Å². The molecule has 29 heavy (non-hydrogen) atoms. The van der Waals surface area contributed by atoms with E-state index in [1.807, 2.05) is 12.3 Å². The molecule has 1 atom stereocenters. The van der Waals surface area contributed by atoms with Gasteiger partial charge in [0.15, 0.2) is 5.96 Å². The molecule has 0 fully saturated rings. The summed E-state index contributed by atoms with van der Waals surface area (Å²) in [7, 11) is 0. The number of nitrogens with one attached hydrogen (secondary N) is 2. The van der Waals surface area contributed by atoms with Crippen molar-refractivity contribution in [2.45, 2.75) is 38.5 Å². The monoisotopic (exact) mass is 413 g/mol. The van der Waals surface area contributed by atoms with Crippen LogP contribution in [0.1, 0.15) is 43.2 Å². The number of guanidine groups is 1. The molecule has 1 aromatic carbocycles. The molecule has 1 aromatic heterocycles. The third-order valence-electron chi connectivity index (χ3n) is 4.51. The van der Waals surface area contributed by atoms with Crippen LogP contribution in [0.15, 0.2) is 35.5 Å². The average Bonchev–Trinajstić information content (AvgIpc) is 2.71. The normalized spacial score (nSPS) is 11.5. The summed E-state index contributed by atoms with van der Waals surface area (Å²) in [6.07, 6.45) is 4.32. The molecule has 0 saturated carbocycles. The molecule has 0 amide bonds. The number of rotatable bonds is 11. The van der Waals surface area contributed by atoms with Gasteiger partial charge in [0.1, 0.15) is 0 Å². The predicted molar refractivity (Wildman–Crippen MR) is 118 cm³/mol. The number of aryl methyl sites for hydroxylation is 1. The van der Waals surface area contributed by atoms with Crippen molar-refractivity contribution in [1.82, 2.24) is 10.3 Å². The lowest BCUT2D eigenvalue weighted by molar-refractivity contribution is -0.143. The number of nitrogens with two attached hydrogens (primary N) is 1. The van der Waals surface area contributed by atoms with Gasteiger partial charge in [-0.15, -0.1) is 0 Å². The van der Waals surface area contributed by atoms with Gasteiger partial charge in [-0.3, -0.25) is 15.2 Å². The summed E-state index contributed by atoms with van der Waals surface area (Å²) < 4.78 is 5.18. The van der Waals surface area contributed by atoms with Crippen LogP contribution in [0, 0.1) is 5.41 Å². The second-order valence-corrected chi connectivity index (χ2v) is 7.08. The predicted octanol–water partition coefficient (Wildman–Crippen LogP) is 3.18. The molecule has 0 aliphatic rings. The molecule has 0 saturated heterocycles. The maximum absolute atomic E-state index is 11.8. The number of ether oxygens (including phenoxy) is 1. The molecule has 2 rings (SSSR count). The van der Waals surface area contributed by atoms with E-state index in [2.05, 4.69) is 57.8 Å². The molecule has 7 nitrogen and oxygen atoms in total. The average molecular weight is 414 g/mol. The number of hydrogen-bond donors (Lipinski definition) is 3. The number of isothiocyanates is 1. The minimum Gasteiger partial charge on any atom is -0.466 e. The molecule has 1 heterocycles. The van der Waals surface area contributed by atoms with Crippen molar-refractivity contribution in [1.29, 1.82) is 5.41 Å². The highest BCUT2D eigenvalue weighted by molar-refractivity contribution is 7.78. The first kappa shape index (κ1) is 22.5. The topological polar surface area (TPSA) is 113 Å². The quantitative estimate of drug-likeness (QED) is 0.171. The van der Waals surface area contributed by atoms with E-state index >= 15 is 0 Å². The molecule has 154 valence electrons. The number of fused-ring (bicyclic) bond motifs is 1. The number of aromatic nitrogens is 1. The Labute approximate surface area is 176 Å². The van der Waals surface area contributed by atoms with Gasteiger partial charge >= 0.3 is 5.97 Å². The Hall–Kier alpha value is -2.83. The minimum atomic E-state index is -0.211. The van der Waals surface area contributed by atoms with E-state index in [1.165, 1.54) is 5.56 Å². The number of benzene rings is 1. The minimum absolute atomic E-state index is 0.0784. The molecule has 8 heteroatoms. The van der Waals surface area contributed by atoms with Gasteiger partial charge in [-0.1, -0.05) is 13.0 Å². The van der Waals surface area contributed by atoms with Crippen LogP contribution in [0.2, 0.25) is 0 Å².